The van der Waals surface area contributed by atoms with E-state index in [2.05, 4.69) is 20.5 Å². The zero-order chi connectivity index (χ0) is 19.9. The molecule has 3 rings (SSSR count). The number of halogens is 1. The van der Waals surface area contributed by atoms with Gasteiger partial charge < -0.3 is 9.47 Å². The van der Waals surface area contributed by atoms with Gasteiger partial charge in [-0.2, -0.15) is 5.10 Å². The highest BCUT2D eigenvalue weighted by Gasteiger charge is 2.10. The number of hydrogen-bond donors (Lipinski definition) is 1. The molecular weight excluding hydrogens is 380 g/mol. The summed E-state index contributed by atoms with van der Waals surface area (Å²) in [5, 5.41) is 4.57. The molecule has 1 N–H and O–H groups in total. The number of ether oxygens (including phenoxy) is 2. The van der Waals surface area contributed by atoms with E-state index in [1.54, 1.807) is 50.6 Å². The van der Waals surface area contributed by atoms with Crippen LogP contribution in [0.4, 0.5) is 0 Å². The van der Waals surface area contributed by atoms with Crippen molar-refractivity contribution in [2.45, 2.75) is 0 Å². The molecule has 0 bridgehead atoms. The van der Waals surface area contributed by atoms with Gasteiger partial charge in [0.25, 0.3) is 0 Å². The molecule has 8 heteroatoms. The summed E-state index contributed by atoms with van der Waals surface area (Å²) in [6, 6.07) is 14.1. The Morgan fingerprint density at radius 2 is 1.75 bits per heavy atom. The Bertz CT molecular complexity index is 984. The predicted octanol–water partition coefficient (Wildman–Crippen LogP) is 3.58. The van der Waals surface area contributed by atoms with Crippen molar-refractivity contribution in [2.24, 2.45) is 5.10 Å². The molecule has 28 heavy (non-hydrogen) atoms. The van der Waals surface area contributed by atoms with Crippen LogP contribution in [0.25, 0.3) is 11.3 Å². The molecule has 0 aliphatic rings. The number of benzene rings is 2. The van der Waals surface area contributed by atoms with Gasteiger partial charge in [-0.15, -0.1) is 0 Å². The summed E-state index contributed by atoms with van der Waals surface area (Å²) < 4.78 is 10.4. The van der Waals surface area contributed by atoms with E-state index in [9.17, 15) is 4.79 Å². The van der Waals surface area contributed by atoms with E-state index < -0.39 is 5.91 Å². The first-order valence-electron chi connectivity index (χ1n) is 8.24. The molecule has 0 spiro atoms. The Morgan fingerprint density at radius 3 is 2.39 bits per heavy atom. The van der Waals surface area contributed by atoms with Crippen molar-refractivity contribution in [2.75, 3.05) is 14.2 Å². The summed E-state index contributed by atoms with van der Waals surface area (Å²) in [5.41, 5.74) is 4.55. The SMILES string of the molecule is COc1cc(C=NNC(=O)c2nccc(-c3ccc(Cl)cc3)n2)cc(OC)c1. The average Bonchev–Trinajstić information content (AvgIpc) is 2.74. The first-order valence-corrected chi connectivity index (χ1v) is 8.62. The number of nitrogens with zero attached hydrogens (tertiary/aromatic N) is 3. The van der Waals surface area contributed by atoms with Gasteiger partial charge >= 0.3 is 5.91 Å². The number of nitrogens with one attached hydrogen (secondary N) is 1. The van der Waals surface area contributed by atoms with Crippen molar-refractivity contribution in [3.8, 4) is 22.8 Å². The summed E-state index contributed by atoms with van der Waals surface area (Å²) >= 11 is 5.90. The fourth-order valence-electron chi connectivity index (χ4n) is 2.37. The molecule has 142 valence electrons. The van der Waals surface area contributed by atoms with E-state index in [1.807, 2.05) is 12.1 Å². The van der Waals surface area contributed by atoms with E-state index in [0.717, 1.165) is 5.56 Å². The lowest BCUT2D eigenvalue weighted by Crippen LogP contribution is -2.20. The molecule has 0 radical (unpaired) electrons. The summed E-state index contributed by atoms with van der Waals surface area (Å²) in [4.78, 5) is 20.6. The van der Waals surface area contributed by atoms with Crippen molar-refractivity contribution in [1.29, 1.82) is 0 Å². The maximum absolute atomic E-state index is 12.3. The van der Waals surface area contributed by atoms with E-state index in [4.69, 9.17) is 21.1 Å². The zero-order valence-electron chi connectivity index (χ0n) is 15.2. The fourth-order valence-corrected chi connectivity index (χ4v) is 2.49. The monoisotopic (exact) mass is 396 g/mol. The minimum Gasteiger partial charge on any atom is -0.497 e. The van der Waals surface area contributed by atoms with Crippen LogP contribution in [-0.4, -0.2) is 36.3 Å². The Hall–Kier alpha value is -3.45. The van der Waals surface area contributed by atoms with E-state index in [1.165, 1.54) is 12.4 Å². The highest BCUT2D eigenvalue weighted by atomic mass is 35.5. The Balaban J connectivity index is 1.72. The summed E-state index contributed by atoms with van der Waals surface area (Å²) in [6.07, 6.45) is 2.99. The van der Waals surface area contributed by atoms with Gasteiger partial charge in [-0.3, -0.25) is 4.79 Å². The lowest BCUT2D eigenvalue weighted by Gasteiger charge is -2.05. The van der Waals surface area contributed by atoms with Crippen LogP contribution >= 0.6 is 11.6 Å². The van der Waals surface area contributed by atoms with Crippen LogP contribution < -0.4 is 14.9 Å². The van der Waals surface area contributed by atoms with Crippen molar-refractivity contribution >= 4 is 23.7 Å². The third-order valence-electron chi connectivity index (χ3n) is 3.75. The molecule has 0 aliphatic heterocycles. The number of methoxy groups -OCH3 is 2. The van der Waals surface area contributed by atoms with Gasteiger partial charge in [-0.25, -0.2) is 15.4 Å². The van der Waals surface area contributed by atoms with Gasteiger partial charge in [0.1, 0.15) is 11.5 Å². The lowest BCUT2D eigenvalue weighted by molar-refractivity contribution is 0.0945. The second-order valence-corrected chi connectivity index (χ2v) is 6.05. The highest BCUT2D eigenvalue weighted by molar-refractivity contribution is 6.30. The van der Waals surface area contributed by atoms with Gasteiger partial charge in [0.15, 0.2) is 0 Å². The molecule has 2 aromatic carbocycles. The van der Waals surface area contributed by atoms with Gasteiger partial charge in [0.2, 0.25) is 5.82 Å². The molecule has 1 heterocycles. The van der Waals surface area contributed by atoms with Crippen LogP contribution in [0.3, 0.4) is 0 Å². The predicted molar refractivity (Wildman–Crippen MR) is 107 cm³/mol. The minimum absolute atomic E-state index is 0.00724. The maximum atomic E-state index is 12.3. The van der Waals surface area contributed by atoms with Gasteiger partial charge in [0, 0.05) is 28.4 Å². The zero-order valence-corrected chi connectivity index (χ0v) is 16.0. The maximum Gasteiger partial charge on any atom is 0.309 e. The second-order valence-electron chi connectivity index (χ2n) is 5.62. The minimum atomic E-state index is -0.526. The van der Waals surface area contributed by atoms with Crippen LogP contribution in [0.5, 0.6) is 11.5 Å². The number of amides is 1. The fraction of sp³-hybridized carbons (Fsp3) is 0.100. The third-order valence-corrected chi connectivity index (χ3v) is 4.00. The number of carbonyl (C=O) groups is 1. The van der Waals surface area contributed by atoms with Crippen LogP contribution in [0.2, 0.25) is 5.02 Å². The third kappa shape index (κ3) is 4.83. The Labute approximate surface area is 167 Å². The van der Waals surface area contributed by atoms with Gasteiger partial charge in [-0.05, 0) is 30.3 Å². The average molecular weight is 397 g/mol. The quantitative estimate of drug-likeness (QED) is 0.508. The van der Waals surface area contributed by atoms with Crippen molar-refractivity contribution < 1.29 is 14.3 Å². The summed E-state index contributed by atoms with van der Waals surface area (Å²) in [5.74, 6) is 0.715. The van der Waals surface area contributed by atoms with Crippen LogP contribution in [0.15, 0.2) is 59.8 Å². The van der Waals surface area contributed by atoms with Crippen molar-refractivity contribution in [3.63, 3.8) is 0 Å². The van der Waals surface area contributed by atoms with Gasteiger partial charge in [0.05, 0.1) is 26.1 Å². The molecular formula is C20H17ClN4O3. The van der Waals surface area contributed by atoms with E-state index >= 15 is 0 Å². The molecule has 7 nitrogen and oxygen atoms in total. The molecule has 0 atom stereocenters. The second kappa shape index (κ2) is 8.96. The topological polar surface area (TPSA) is 85.7 Å². The van der Waals surface area contributed by atoms with E-state index in [-0.39, 0.29) is 5.82 Å². The van der Waals surface area contributed by atoms with Crippen LogP contribution in [0.1, 0.15) is 16.2 Å². The summed E-state index contributed by atoms with van der Waals surface area (Å²) in [6.45, 7) is 0. The first-order chi connectivity index (χ1) is 13.6. The van der Waals surface area contributed by atoms with Crippen LogP contribution in [-0.2, 0) is 0 Å². The number of carbonyl (C=O) groups excluding carboxylic acids is 1. The van der Waals surface area contributed by atoms with E-state index in [0.29, 0.717) is 27.8 Å². The molecule has 1 aromatic heterocycles. The molecule has 0 unspecified atom stereocenters. The Morgan fingerprint density at radius 1 is 1.07 bits per heavy atom. The smallest absolute Gasteiger partial charge is 0.309 e. The Kier molecular flexibility index (Phi) is 6.18. The molecule has 3 aromatic rings. The number of aromatic nitrogens is 2. The highest BCUT2D eigenvalue weighted by Crippen LogP contribution is 2.21. The summed E-state index contributed by atoms with van der Waals surface area (Å²) in [7, 11) is 3.12. The standard InChI is InChI=1S/C20H17ClN4O3/c1-27-16-9-13(10-17(11-16)28-2)12-23-25-20(26)19-22-8-7-18(24-19)14-3-5-15(21)6-4-14/h3-12H,1-2H3,(H,25,26). The van der Waals surface area contributed by atoms with Crippen molar-refractivity contribution in [3.05, 3.63) is 71.1 Å². The first kappa shape index (κ1) is 19.3. The normalized spacial score (nSPS) is 10.7. The number of hydrazone groups is 1. The number of hydrogen-bond acceptors (Lipinski definition) is 6. The van der Waals surface area contributed by atoms with Gasteiger partial charge in [-0.1, -0.05) is 23.7 Å². The molecule has 0 aliphatic carbocycles. The van der Waals surface area contributed by atoms with Crippen LogP contribution in [0, 0.1) is 0 Å². The molecule has 1 amide bonds. The molecule has 0 saturated heterocycles. The lowest BCUT2D eigenvalue weighted by atomic mass is 10.1. The molecule has 0 fully saturated rings. The largest absolute Gasteiger partial charge is 0.497 e. The van der Waals surface area contributed by atoms with Crippen molar-refractivity contribution in [1.82, 2.24) is 15.4 Å². The number of rotatable bonds is 6. The molecule has 0 saturated carbocycles.